The number of benzene rings is 2. The van der Waals surface area contributed by atoms with Crippen molar-refractivity contribution in [3.63, 3.8) is 0 Å². The molecule has 0 bridgehead atoms. The maximum absolute atomic E-state index is 12.8. The first-order valence-electron chi connectivity index (χ1n) is 9.70. The van der Waals surface area contributed by atoms with Gasteiger partial charge in [0.2, 0.25) is 11.8 Å². The third-order valence-electron chi connectivity index (χ3n) is 4.82. The first-order valence-corrected chi connectivity index (χ1v) is 9.70. The Hall–Kier alpha value is -4.29. The molecule has 0 unspecified atom stereocenters. The second-order valence-electron chi connectivity index (χ2n) is 7.18. The summed E-state index contributed by atoms with van der Waals surface area (Å²) in [5, 5.41) is 13.1. The monoisotopic (exact) mass is 479 g/mol. The molecule has 0 aromatic heterocycles. The number of hydrogen-bond acceptors (Lipinski definition) is 7. The van der Waals surface area contributed by atoms with Crippen LogP contribution in [-0.2, 0) is 31.8 Å². The van der Waals surface area contributed by atoms with Crippen LogP contribution in [0.5, 0.6) is 0 Å². The van der Waals surface area contributed by atoms with E-state index in [1.54, 1.807) is 0 Å². The van der Waals surface area contributed by atoms with Gasteiger partial charge in [0, 0.05) is 18.9 Å². The number of carbonyl (C=O) groups is 4. The van der Waals surface area contributed by atoms with Crippen LogP contribution in [0.4, 0.5) is 24.5 Å². The fraction of sp³-hybridized carbons (Fsp3) is 0.238. The number of hydrogen-bond donors (Lipinski definition) is 1. The highest BCUT2D eigenvalue weighted by Gasteiger charge is 2.33. The average Bonchev–Trinajstić information content (AvgIpc) is 3.09. The number of likely N-dealkylation sites (tertiary alicyclic amines) is 1. The predicted octanol–water partition coefficient (Wildman–Crippen LogP) is 3.06. The molecule has 1 heterocycles. The third kappa shape index (κ3) is 5.74. The van der Waals surface area contributed by atoms with Crippen molar-refractivity contribution in [3.8, 4) is 0 Å². The molecule has 2 aromatic rings. The normalized spacial score (nSPS) is 13.7. The summed E-state index contributed by atoms with van der Waals surface area (Å²) in [6.45, 7) is -0.795. The zero-order valence-corrected chi connectivity index (χ0v) is 17.3. The fourth-order valence-corrected chi connectivity index (χ4v) is 3.09. The average molecular weight is 479 g/mol. The van der Waals surface area contributed by atoms with Gasteiger partial charge in [-0.15, -0.1) is 0 Å². The number of halogens is 3. The maximum atomic E-state index is 12.8. The van der Waals surface area contributed by atoms with E-state index in [0.717, 1.165) is 11.0 Å². The van der Waals surface area contributed by atoms with E-state index < -0.39 is 46.5 Å². The minimum atomic E-state index is -4.81. The first-order chi connectivity index (χ1) is 16.0. The van der Waals surface area contributed by atoms with Crippen LogP contribution < -0.4 is 5.32 Å². The van der Waals surface area contributed by atoms with Gasteiger partial charge in [-0.3, -0.25) is 29.4 Å². The number of esters is 1. The number of ether oxygens (including phenoxy) is 1. The van der Waals surface area contributed by atoms with Crippen LogP contribution in [0.25, 0.3) is 0 Å². The second-order valence-corrected chi connectivity index (χ2v) is 7.18. The van der Waals surface area contributed by atoms with E-state index in [1.807, 2.05) is 5.32 Å². The summed E-state index contributed by atoms with van der Waals surface area (Å²) in [5.41, 5.74) is -2.08. The SMILES string of the molecule is O=C(COC(=O)c1ccc(CN2C(=O)CCC2=O)cc1)Nc1ccc(C(F)(F)F)cc1[N+](=O)[O-]. The zero-order valence-electron chi connectivity index (χ0n) is 17.3. The lowest BCUT2D eigenvalue weighted by molar-refractivity contribution is -0.384. The van der Waals surface area contributed by atoms with E-state index in [-0.39, 0.29) is 42.8 Å². The smallest absolute Gasteiger partial charge is 0.416 e. The topological polar surface area (TPSA) is 136 Å². The summed E-state index contributed by atoms with van der Waals surface area (Å²) >= 11 is 0. The van der Waals surface area contributed by atoms with E-state index in [1.165, 1.54) is 24.3 Å². The Balaban J connectivity index is 1.58. The molecule has 13 heteroatoms. The highest BCUT2D eigenvalue weighted by molar-refractivity contribution is 6.02. The van der Waals surface area contributed by atoms with Gasteiger partial charge in [0.25, 0.3) is 11.6 Å². The quantitative estimate of drug-likeness (QED) is 0.279. The van der Waals surface area contributed by atoms with E-state index in [0.29, 0.717) is 11.6 Å². The highest BCUT2D eigenvalue weighted by Crippen LogP contribution is 2.34. The molecule has 1 aliphatic heterocycles. The van der Waals surface area contributed by atoms with Gasteiger partial charge in [-0.05, 0) is 29.8 Å². The Morgan fingerprint density at radius 3 is 2.24 bits per heavy atom. The summed E-state index contributed by atoms with van der Waals surface area (Å²) in [6, 6.07) is 7.31. The molecule has 0 spiro atoms. The van der Waals surface area contributed by atoms with Crippen molar-refractivity contribution in [1.82, 2.24) is 4.90 Å². The van der Waals surface area contributed by atoms with Crippen LogP contribution in [0.15, 0.2) is 42.5 Å². The van der Waals surface area contributed by atoms with E-state index >= 15 is 0 Å². The fourth-order valence-electron chi connectivity index (χ4n) is 3.09. The number of nitro groups is 1. The van der Waals surface area contributed by atoms with Crippen molar-refractivity contribution in [2.45, 2.75) is 25.6 Å². The lowest BCUT2D eigenvalue weighted by Crippen LogP contribution is -2.28. The number of carbonyl (C=O) groups excluding carboxylic acids is 4. The first kappa shape index (κ1) is 24.4. The summed E-state index contributed by atoms with van der Waals surface area (Å²) in [4.78, 5) is 58.6. The van der Waals surface area contributed by atoms with Crippen LogP contribution in [-0.4, -0.2) is 40.1 Å². The molecule has 178 valence electrons. The van der Waals surface area contributed by atoms with Gasteiger partial charge in [0.1, 0.15) is 5.69 Å². The molecule has 10 nitrogen and oxygen atoms in total. The molecule has 1 saturated heterocycles. The molecule has 3 amide bonds. The number of alkyl halides is 3. The van der Waals surface area contributed by atoms with Crippen molar-refractivity contribution in [3.05, 3.63) is 69.3 Å². The van der Waals surface area contributed by atoms with Gasteiger partial charge in [-0.25, -0.2) is 4.79 Å². The van der Waals surface area contributed by atoms with Crippen molar-refractivity contribution in [1.29, 1.82) is 0 Å². The van der Waals surface area contributed by atoms with Gasteiger partial charge in [-0.2, -0.15) is 13.2 Å². The molecule has 0 saturated carbocycles. The van der Waals surface area contributed by atoms with Gasteiger partial charge in [0.15, 0.2) is 6.61 Å². The molecule has 0 aliphatic carbocycles. The van der Waals surface area contributed by atoms with E-state index in [4.69, 9.17) is 4.74 Å². The lowest BCUT2D eigenvalue weighted by atomic mass is 10.1. The minimum Gasteiger partial charge on any atom is -0.452 e. The number of anilines is 1. The Bertz CT molecular complexity index is 1150. The molecule has 0 atom stereocenters. The largest absolute Gasteiger partial charge is 0.452 e. The van der Waals surface area contributed by atoms with Crippen LogP contribution in [0.2, 0.25) is 0 Å². The second kappa shape index (κ2) is 9.68. The highest BCUT2D eigenvalue weighted by atomic mass is 19.4. The molecule has 2 aromatic carbocycles. The Morgan fingerprint density at radius 2 is 1.68 bits per heavy atom. The number of nitrogens with one attached hydrogen (secondary N) is 1. The number of nitro benzene ring substituents is 1. The molecule has 1 aliphatic rings. The van der Waals surface area contributed by atoms with Gasteiger partial charge >= 0.3 is 12.1 Å². The molecule has 3 rings (SSSR count). The van der Waals surface area contributed by atoms with Crippen LogP contribution >= 0.6 is 0 Å². The van der Waals surface area contributed by atoms with Crippen LogP contribution in [0.3, 0.4) is 0 Å². The zero-order chi connectivity index (χ0) is 25.0. The van der Waals surface area contributed by atoms with Gasteiger partial charge in [-0.1, -0.05) is 12.1 Å². The van der Waals surface area contributed by atoms with Crippen molar-refractivity contribution >= 4 is 35.1 Å². The van der Waals surface area contributed by atoms with Crippen molar-refractivity contribution < 1.29 is 42.0 Å². The molecule has 0 radical (unpaired) electrons. The summed E-state index contributed by atoms with van der Waals surface area (Å²) in [6.07, 6.45) is -4.50. The Labute approximate surface area is 189 Å². The molecular formula is C21H16F3N3O7. The third-order valence-corrected chi connectivity index (χ3v) is 4.82. The van der Waals surface area contributed by atoms with Crippen molar-refractivity contribution in [2.24, 2.45) is 0 Å². The Morgan fingerprint density at radius 1 is 1.06 bits per heavy atom. The number of amides is 3. The maximum Gasteiger partial charge on any atom is 0.416 e. The lowest BCUT2D eigenvalue weighted by Gasteiger charge is -2.14. The number of imide groups is 1. The van der Waals surface area contributed by atoms with Crippen LogP contribution in [0, 0.1) is 10.1 Å². The number of nitrogens with zero attached hydrogens (tertiary/aromatic N) is 2. The molecule has 1 fully saturated rings. The number of rotatable bonds is 7. The molecule has 1 N–H and O–H groups in total. The summed E-state index contributed by atoms with van der Waals surface area (Å²) < 4.78 is 43.1. The summed E-state index contributed by atoms with van der Waals surface area (Å²) in [5.74, 6) is -2.48. The summed E-state index contributed by atoms with van der Waals surface area (Å²) in [7, 11) is 0. The van der Waals surface area contributed by atoms with Crippen molar-refractivity contribution in [2.75, 3.05) is 11.9 Å². The van der Waals surface area contributed by atoms with E-state index in [9.17, 15) is 42.5 Å². The predicted molar refractivity (Wildman–Crippen MR) is 108 cm³/mol. The van der Waals surface area contributed by atoms with E-state index in [2.05, 4.69) is 0 Å². The Kier molecular flexibility index (Phi) is 6.94. The standard InChI is InChI=1S/C21H16F3N3O7/c22-21(23,24)14-5-6-15(16(9-14)27(32)33)25-17(28)11-34-20(31)13-3-1-12(2-4-13)10-26-18(29)7-8-19(26)30/h1-6,9H,7-8,10-11H2,(H,25,28). The molecule has 34 heavy (non-hydrogen) atoms. The van der Waals surface area contributed by atoms with Gasteiger partial charge in [0.05, 0.1) is 22.6 Å². The minimum absolute atomic E-state index is 0.0520. The molecular weight excluding hydrogens is 463 g/mol. The van der Waals surface area contributed by atoms with Gasteiger partial charge < -0.3 is 10.1 Å². The van der Waals surface area contributed by atoms with Crippen LogP contribution in [0.1, 0.15) is 34.3 Å².